The summed E-state index contributed by atoms with van der Waals surface area (Å²) in [5.74, 6) is -0.343. The number of nitrogens with zero attached hydrogens (tertiary/aromatic N) is 1. The van der Waals surface area contributed by atoms with Crippen molar-refractivity contribution in [3.8, 4) is 0 Å². The third-order valence-corrected chi connectivity index (χ3v) is 5.33. The highest BCUT2D eigenvalue weighted by Crippen LogP contribution is 2.39. The molecule has 3 rings (SSSR count). The maximum Gasteiger partial charge on any atom is 0.338 e. The molecule has 1 aromatic rings. The first kappa shape index (κ1) is 18.5. The lowest BCUT2D eigenvalue weighted by molar-refractivity contribution is -0.143. The molecule has 1 aliphatic heterocycles. The molecule has 1 N–H and O–H groups in total. The number of allylic oxidation sites excluding steroid dienone is 1. The Hall–Kier alpha value is -1.30. The third-order valence-electron chi connectivity index (χ3n) is 4.28. The average molecular weight is 399 g/mol. The number of halogens is 2. The van der Waals surface area contributed by atoms with Gasteiger partial charge < -0.3 is 15.0 Å². The zero-order valence-corrected chi connectivity index (χ0v) is 16.6. The minimum Gasteiger partial charge on any atom is -0.459 e. The van der Waals surface area contributed by atoms with E-state index in [0.717, 1.165) is 24.1 Å². The number of nitrogens with one attached hydrogen (secondary N) is 1. The Morgan fingerprint density at radius 3 is 2.56 bits per heavy atom. The van der Waals surface area contributed by atoms with Gasteiger partial charge in [0.15, 0.2) is 5.11 Å². The van der Waals surface area contributed by atoms with Crippen molar-refractivity contribution in [1.82, 2.24) is 10.2 Å². The van der Waals surface area contributed by atoms with Crippen LogP contribution < -0.4 is 5.32 Å². The zero-order valence-electron chi connectivity index (χ0n) is 14.3. The second-order valence-electron chi connectivity index (χ2n) is 6.61. The maximum absolute atomic E-state index is 12.8. The SMILES string of the molecule is CC1=C(C(=O)OC(C)C)C(c2ccc(Cl)c(Cl)c2)NC(=S)N1C1CC1. The summed E-state index contributed by atoms with van der Waals surface area (Å²) in [6.45, 7) is 5.59. The smallest absolute Gasteiger partial charge is 0.338 e. The highest BCUT2D eigenvalue weighted by molar-refractivity contribution is 7.80. The van der Waals surface area contributed by atoms with Crippen molar-refractivity contribution in [2.45, 2.75) is 51.8 Å². The van der Waals surface area contributed by atoms with Crippen molar-refractivity contribution < 1.29 is 9.53 Å². The monoisotopic (exact) mass is 398 g/mol. The van der Waals surface area contributed by atoms with E-state index in [1.165, 1.54) is 0 Å². The highest BCUT2D eigenvalue weighted by Gasteiger charge is 2.41. The molecule has 0 amide bonds. The Morgan fingerprint density at radius 2 is 2.00 bits per heavy atom. The van der Waals surface area contributed by atoms with Crippen LogP contribution >= 0.6 is 35.4 Å². The van der Waals surface area contributed by atoms with E-state index in [1.54, 1.807) is 12.1 Å². The molecular formula is C18H20Cl2N2O2S. The van der Waals surface area contributed by atoms with Crippen molar-refractivity contribution in [2.75, 3.05) is 0 Å². The van der Waals surface area contributed by atoms with E-state index in [4.69, 9.17) is 40.2 Å². The third kappa shape index (κ3) is 3.78. The molecule has 134 valence electrons. The van der Waals surface area contributed by atoms with E-state index < -0.39 is 6.04 Å². The Bertz CT molecular complexity index is 759. The first-order chi connectivity index (χ1) is 11.8. The van der Waals surface area contributed by atoms with Gasteiger partial charge in [-0.3, -0.25) is 0 Å². The van der Waals surface area contributed by atoms with Crippen molar-refractivity contribution >= 4 is 46.5 Å². The largest absolute Gasteiger partial charge is 0.459 e. The summed E-state index contributed by atoms with van der Waals surface area (Å²) in [5.41, 5.74) is 2.22. The highest BCUT2D eigenvalue weighted by atomic mass is 35.5. The average Bonchev–Trinajstić information content (AvgIpc) is 3.33. The second-order valence-corrected chi connectivity index (χ2v) is 7.81. The lowest BCUT2D eigenvalue weighted by Gasteiger charge is -2.38. The molecule has 0 spiro atoms. The fraction of sp³-hybridized carbons (Fsp3) is 0.444. The maximum atomic E-state index is 12.8. The summed E-state index contributed by atoms with van der Waals surface area (Å²) in [6.07, 6.45) is 1.94. The quantitative estimate of drug-likeness (QED) is 0.592. The molecule has 1 unspecified atom stereocenters. The number of esters is 1. The van der Waals surface area contributed by atoms with Gasteiger partial charge in [0.25, 0.3) is 0 Å². The van der Waals surface area contributed by atoms with Gasteiger partial charge in [0, 0.05) is 11.7 Å². The Morgan fingerprint density at radius 1 is 1.32 bits per heavy atom. The van der Waals surface area contributed by atoms with E-state index in [1.807, 2.05) is 31.7 Å². The summed E-state index contributed by atoms with van der Waals surface area (Å²) in [5, 5.41) is 4.81. The molecule has 4 nitrogen and oxygen atoms in total. The molecular weight excluding hydrogens is 379 g/mol. The molecule has 0 aromatic heterocycles. The van der Waals surface area contributed by atoms with Crippen LogP contribution in [0, 0.1) is 0 Å². The zero-order chi connectivity index (χ0) is 18.3. The summed E-state index contributed by atoms with van der Waals surface area (Å²) in [7, 11) is 0. The van der Waals surface area contributed by atoms with Gasteiger partial charge in [-0.2, -0.15) is 0 Å². The Kier molecular flexibility index (Phi) is 5.28. The Balaban J connectivity index is 2.06. The van der Waals surface area contributed by atoms with Crippen molar-refractivity contribution in [3.63, 3.8) is 0 Å². The predicted octanol–water partition coefficient (Wildman–Crippen LogP) is 4.61. The first-order valence-corrected chi connectivity index (χ1v) is 9.42. The number of rotatable bonds is 4. The van der Waals surface area contributed by atoms with E-state index in [0.29, 0.717) is 26.8 Å². The molecule has 2 aliphatic rings. The number of hydrogen-bond acceptors (Lipinski definition) is 3. The predicted molar refractivity (Wildman–Crippen MR) is 104 cm³/mol. The number of hydrogen-bond donors (Lipinski definition) is 1. The summed E-state index contributed by atoms with van der Waals surface area (Å²) in [4.78, 5) is 14.8. The van der Waals surface area contributed by atoms with Crippen molar-refractivity contribution in [3.05, 3.63) is 45.1 Å². The fourth-order valence-corrected chi connectivity index (χ4v) is 3.72. The van der Waals surface area contributed by atoms with Gasteiger partial charge in [-0.15, -0.1) is 0 Å². The van der Waals surface area contributed by atoms with Crippen LogP contribution in [-0.4, -0.2) is 28.1 Å². The van der Waals surface area contributed by atoms with Gasteiger partial charge in [-0.25, -0.2) is 4.79 Å². The number of benzene rings is 1. The summed E-state index contributed by atoms with van der Waals surface area (Å²) in [6, 6.07) is 5.27. The standard InChI is InChI=1S/C18H20Cl2N2O2S/c1-9(2)24-17(23)15-10(3)22(12-5-6-12)18(25)21-16(15)11-4-7-13(19)14(20)8-11/h4,7-9,12,16H,5-6H2,1-3H3,(H,21,25). The van der Waals surface area contributed by atoms with Gasteiger partial charge >= 0.3 is 5.97 Å². The first-order valence-electron chi connectivity index (χ1n) is 8.26. The molecule has 1 atom stereocenters. The minimum absolute atomic E-state index is 0.203. The number of ether oxygens (including phenoxy) is 1. The molecule has 1 heterocycles. The molecule has 0 radical (unpaired) electrons. The van der Waals surface area contributed by atoms with Crippen molar-refractivity contribution in [1.29, 1.82) is 0 Å². The molecule has 7 heteroatoms. The van der Waals surface area contributed by atoms with Gasteiger partial charge in [0.2, 0.25) is 0 Å². The normalized spacial score (nSPS) is 20.8. The summed E-state index contributed by atoms with van der Waals surface area (Å²) >= 11 is 17.8. The van der Waals surface area contributed by atoms with Crippen LogP contribution in [0.2, 0.25) is 10.0 Å². The molecule has 0 bridgehead atoms. The van der Waals surface area contributed by atoms with E-state index >= 15 is 0 Å². The van der Waals surface area contributed by atoms with Crippen LogP contribution in [0.1, 0.15) is 45.2 Å². The van der Waals surface area contributed by atoms with Crippen molar-refractivity contribution in [2.24, 2.45) is 0 Å². The van der Waals surface area contributed by atoms with Crippen LogP contribution in [0.3, 0.4) is 0 Å². The number of thiocarbonyl (C=S) groups is 1. The van der Waals surface area contributed by atoms with Gasteiger partial charge in [0.05, 0.1) is 27.8 Å². The van der Waals surface area contributed by atoms with Crippen LogP contribution in [0.25, 0.3) is 0 Å². The molecule has 1 aliphatic carbocycles. The van der Waals surface area contributed by atoms with Crippen LogP contribution in [0.5, 0.6) is 0 Å². The minimum atomic E-state index is -0.413. The lowest BCUT2D eigenvalue weighted by atomic mass is 9.95. The van der Waals surface area contributed by atoms with E-state index in [2.05, 4.69) is 5.32 Å². The van der Waals surface area contributed by atoms with E-state index in [-0.39, 0.29) is 12.1 Å². The molecule has 25 heavy (non-hydrogen) atoms. The van der Waals surface area contributed by atoms with Gasteiger partial charge in [-0.1, -0.05) is 29.3 Å². The topological polar surface area (TPSA) is 41.6 Å². The molecule has 1 aromatic carbocycles. The summed E-state index contributed by atoms with van der Waals surface area (Å²) < 4.78 is 5.48. The molecule has 1 fully saturated rings. The van der Waals surface area contributed by atoms with Crippen LogP contribution in [0.4, 0.5) is 0 Å². The molecule has 0 saturated heterocycles. The Labute approximate surface area is 163 Å². The van der Waals surface area contributed by atoms with Crippen LogP contribution in [0.15, 0.2) is 29.5 Å². The lowest BCUT2D eigenvalue weighted by Crippen LogP contribution is -2.48. The van der Waals surface area contributed by atoms with Crippen LogP contribution in [-0.2, 0) is 9.53 Å². The number of carbonyl (C=O) groups is 1. The fourth-order valence-electron chi connectivity index (χ4n) is 3.01. The van der Waals surface area contributed by atoms with Gasteiger partial charge in [0.1, 0.15) is 0 Å². The van der Waals surface area contributed by atoms with E-state index in [9.17, 15) is 4.79 Å². The number of carbonyl (C=O) groups excluding carboxylic acids is 1. The molecule has 1 saturated carbocycles. The second kappa shape index (κ2) is 7.14. The van der Waals surface area contributed by atoms with Gasteiger partial charge in [-0.05, 0) is 63.5 Å².